The summed E-state index contributed by atoms with van der Waals surface area (Å²) in [5.41, 5.74) is 0.684. The van der Waals surface area contributed by atoms with Crippen LogP contribution in [0.15, 0.2) is 0 Å². The van der Waals surface area contributed by atoms with Gasteiger partial charge in [0.1, 0.15) is 0 Å². The van der Waals surface area contributed by atoms with E-state index in [0.29, 0.717) is 50.7 Å². The third-order valence-electron chi connectivity index (χ3n) is 7.04. The van der Waals surface area contributed by atoms with Gasteiger partial charge in [0.25, 0.3) is 0 Å². The average molecular weight is 513 g/mol. The Morgan fingerprint density at radius 2 is 1.06 bits per heavy atom. The molecule has 0 amide bonds. The van der Waals surface area contributed by atoms with E-state index >= 15 is 0 Å². The summed E-state index contributed by atoms with van der Waals surface area (Å²) in [7, 11) is 0. The van der Waals surface area contributed by atoms with Gasteiger partial charge in [0.2, 0.25) is 0 Å². The van der Waals surface area contributed by atoms with E-state index in [-0.39, 0.29) is 21.9 Å². The lowest BCUT2D eigenvalue weighted by Gasteiger charge is -2.42. The van der Waals surface area contributed by atoms with Crippen molar-refractivity contribution in [1.82, 2.24) is 10.6 Å². The molecule has 0 aliphatic heterocycles. The quantitative estimate of drug-likeness (QED) is 0.243. The number of ether oxygens (including phenoxy) is 4. The molecule has 0 saturated heterocycles. The first-order valence-electron chi connectivity index (χ1n) is 14.5. The van der Waals surface area contributed by atoms with Crippen LogP contribution in [0.25, 0.3) is 0 Å². The molecule has 2 aliphatic carbocycles. The monoisotopic (exact) mass is 512 g/mol. The number of hydrogen-bond donors (Lipinski definition) is 2. The smallest absolute Gasteiger partial charge is 0.0704 e. The Kier molecular flexibility index (Phi) is 12.2. The van der Waals surface area contributed by atoms with Crippen molar-refractivity contribution in [2.45, 2.75) is 143 Å². The van der Waals surface area contributed by atoms with Gasteiger partial charge in [-0.2, -0.15) is 0 Å². The summed E-state index contributed by atoms with van der Waals surface area (Å²) in [5, 5.41) is 7.50. The Morgan fingerprint density at radius 3 is 1.53 bits per heavy atom. The molecule has 2 aliphatic rings. The Morgan fingerprint density at radius 1 is 0.583 bits per heavy atom. The molecule has 6 nitrogen and oxygen atoms in total. The van der Waals surface area contributed by atoms with E-state index < -0.39 is 0 Å². The first kappa shape index (κ1) is 32.0. The summed E-state index contributed by atoms with van der Waals surface area (Å²) in [5.74, 6) is 0. The van der Waals surface area contributed by atoms with Crippen LogP contribution in [0.1, 0.15) is 108 Å². The molecule has 0 atom stereocenters. The van der Waals surface area contributed by atoms with Gasteiger partial charge in [0.05, 0.1) is 51.8 Å². The van der Waals surface area contributed by atoms with Crippen LogP contribution in [-0.4, -0.2) is 75.0 Å². The van der Waals surface area contributed by atoms with Crippen LogP contribution in [0.5, 0.6) is 0 Å². The molecule has 0 unspecified atom stereocenters. The highest BCUT2D eigenvalue weighted by molar-refractivity contribution is 4.93. The van der Waals surface area contributed by atoms with E-state index in [9.17, 15) is 0 Å². The molecule has 2 fully saturated rings. The van der Waals surface area contributed by atoms with Gasteiger partial charge in [-0.1, -0.05) is 34.6 Å². The first-order chi connectivity index (χ1) is 16.5. The SMILES string of the molecule is CC(C)(C)COCCOC1CC(NC(C)(C)CCC(C)(C)COCCOC2CC(NC(C)(C)C)C2)C1. The molecule has 0 bridgehead atoms. The molecule has 0 aromatic carbocycles. The molecular formula is C30H60N2O4. The molecule has 0 heterocycles. The summed E-state index contributed by atoms with van der Waals surface area (Å²) in [6.07, 6.45) is 7.47. The van der Waals surface area contributed by atoms with E-state index in [4.69, 9.17) is 18.9 Å². The van der Waals surface area contributed by atoms with Crippen molar-refractivity contribution >= 4 is 0 Å². The van der Waals surface area contributed by atoms with Crippen LogP contribution in [0.4, 0.5) is 0 Å². The topological polar surface area (TPSA) is 61.0 Å². The van der Waals surface area contributed by atoms with Crippen LogP contribution < -0.4 is 10.6 Å². The van der Waals surface area contributed by atoms with Crippen molar-refractivity contribution in [1.29, 1.82) is 0 Å². The Bertz CT molecular complexity index is 611. The Balaban J connectivity index is 1.47. The summed E-state index contributed by atoms with van der Waals surface area (Å²) in [4.78, 5) is 0. The summed E-state index contributed by atoms with van der Waals surface area (Å²) in [6.45, 7) is 26.9. The van der Waals surface area contributed by atoms with E-state index in [1.165, 1.54) is 0 Å². The van der Waals surface area contributed by atoms with Gasteiger partial charge in [-0.25, -0.2) is 0 Å². The fraction of sp³-hybridized carbons (Fsp3) is 1.00. The molecule has 0 aromatic rings. The highest BCUT2D eigenvalue weighted by atomic mass is 16.5. The minimum absolute atomic E-state index is 0.119. The van der Waals surface area contributed by atoms with Gasteiger partial charge < -0.3 is 29.6 Å². The largest absolute Gasteiger partial charge is 0.379 e. The number of hydrogen-bond acceptors (Lipinski definition) is 6. The summed E-state index contributed by atoms with van der Waals surface area (Å²) < 4.78 is 23.7. The number of nitrogens with one attached hydrogen (secondary N) is 2. The second-order valence-electron chi connectivity index (χ2n) is 15.1. The lowest BCUT2D eigenvalue weighted by atomic mass is 9.81. The zero-order valence-electron chi connectivity index (χ0n) is 25.4. The zero-order chi connectivity index (χ0) is 27.0. The van der Waals surface area contributed by atoms with Gasteiger partial charge in [-0.3, -0.25) is 0 Å². The fourth-order valence-electron chi connectivity index (χ4n) is 4.87. The average Bonchev–Trinajstić information content (AvgIpc) is 2.66. The second-order valence-corrected chi connectivity index (χ2v) is 15.1. The van der Waals surface area contributed by atoms with Crippen LogP contribution in [0.3, 0.4) is 0 Å². The lowest BCUT2D eigenvalue weighted by molar-refractivity contribution is -0.0562. The molecular weight excluding hydrogens is 452 g/mol. The molecule has 0 aromatic heterocycles. The van der Waals surface area contributed by atoms with Crippen molar-refractivity contribution in [3.63, 3.8) is 0 Å². The minimum atomic E-state index is 0.119. The van der Waals surface area contributed by atoms with Gasteiger partial charge >= 0.3 is 0 Å². The van der Waals surface area contributed by atoms with Crippen molar-refractivity contribution in [3.8, 4) is 0 Å². The van der Waals surface area contributed by atoms with Gasteiger partial charge in [-0.15, -0.1) is 0 Å². The normalized spacial score (nSPS) is 25.5. The van der Waals surface area contributed by atoms with Gasteiger partial charge in [0, 0.05) is 23.2 Å². The van der Waals surface area contributed by atoms with E-state index in [0.717, 1.165) is 51.7 Å². The van der Waals surface area contributed by atoms with Crippen LogP contribution >= 0.6 is 0 Å². The zero-order valence-corrected chi connectivity index (χ0v) is 25.4. The Labute approximate surface area is 223 Å². The highest BCUT2D eigenvalue weighted by Crippen LogP contribution is 2.30. The van der Waals surface area contributed by atoms with Crippen molar-refractivity contribution in [3.05, 3.63) is 0 Å². The predicted octanol–water partition coefficient (Wildman–Crippen LogP) is 5.72. The molecule has 2 saturated carbocycles. The minimum Gasteiger partial charge on any atom is -0.379 e. The van der Waals surface area contributed by atoms with Crippen molar-refractivity contribution in [2.24, 2.45) is 10.8 Å². The predicted molar refractivity (Wildman–Crippen MR) is 150 cm³/mol. The Hall–Kier alpha value is -0.240. The summed E-state index contributed by atoms with van der Waals surface area (Å²) >= 11 is 0. The third kappa shape index (κ3) is 14.1. The van der Waals surface area contributed by atoms with Crippen LogP contribution in [0, 0.1) is 10.8 Å². The molecule has 0 spiro atoms. The number of rotatable bonds is 17. The van der Waals surface area contributed by atoms with Crippen LogP contribution in [-0.2, 0) is 18.9 Å². The van der Waals surface area contributed by atoms with E-state index in [1.54, 1.807) is 0 Å². The van der Waals surface area contributed by atoms with Crippen molar-refractivity contribution < 1.29 is 18.9 Å². The maximum Gasteiger partial charge on any atom is 0.0704 e. The lowest BCUT2D eigenvalue weighted by Crippen LogP contribution is -2.54. The molecule has 0 radical (unpaired) electrons. The fourth-order valence-corrected chi connectivity index (χ4v) is 4.87. The van der Waals surface area contributed by atoms with Gasteiger partial charge in [-0.05, 0) is 84.0 Å². The van der Waals surface area contributed by atoms with Gasteiger partial charge in [0.15, 0.2) is 0 Å². The van der Waals surface area contributed by atoms with Crippen molar-refractivity contribution in [2.75, 3.05) is 39.6 Å². The first-order valence-corrected chi connectivity index (χ1v) is 14.5. The molecule has 2 rings (SSSR count). The second kappa shape index (κ2) is 13.7. The highest BCUT2D eigenvalue weighted by Gasteiger charge is 2.35. The standard InChI is InChI=1S/C30H60N2O4/c1-27(2,3)21-33-13-15-35-26-19-24(20-26)32-30(9,10)12-11-29(7,8)22-34-14-16-36-25-17-23(18-25)31-28(4,5)6/h23-26,31-32H,11-22H2,1-10H3. The molecule has 2 N–H and O–H groups in total. The molecule has 214 valence electrons. The van der Waals surface area contributed by atoms with E-state index in [1.807, 2.05) is 0 Å². The molecule has 6 heteroatoms. The van der Waals surface area contributed by atoms with Crippen LogP contribution in [0.2, 0.25) is 0 Å². The van der Waals surface area contributed by atoms with E-state index in [2.05, 4.69) is 79.9 Å². The summed E-state index contributed by atoms with van der Waals surface area (Å²) in [6, 6.07) is 1.16. The third-order valence-corrected chi connectivity index (χ3v) is 7.04. The molecule has 36 heavy (non-hydrogen) atoms. The maximum atomic E-state index is 6.00. The maximum absolute atomic E-state index is 6.00.